The molecule has 11 nitrogen and oxygen atoms in total. The van der Waals surface area contributed by atoms with Crippen molar-refractivity contribution >= 4 is 39.4 Å². The van der Waals surface area contributed by atoms with Crippen molar-refractivity contribution in [3.63, 3.8) is 0 Å². The van der Waals surface area contributed by atoms with Crippen LogP contribution in [-0.4, -0.2) is 85.2 Å². The highest BCUT2D eigenvalue weighted by atomic mass is 33.1. The molecule has 16 atom stereocenters. The van der Waals surface area contributed by atoms with Gasteiger partial charge in [0, 0.05) is 78.9 Å². The van der Waals surface area contributed by atoms with E-state index in [4.69, 9.17) is 20.2 Å². The number of nitrogens with two attached hydrogens (primary N) is 1. The molecule has 6 heterocycles. The third-order valence-electron chi connectivity index (χ3n) is 29.3. The zero-order valence-electron chi connectivity index (χ0n) is 52.4. The van der Waals surface area contributed by atoms with Crippen LogP contribution in [0.5, 0.6) is 11.5 Å². The fourth-order valence-corrected chi connectivity index (χ4v) is 29.6. The Morgan fingerprint density at radius 1 is 0.793 bits per heavy atom. The standard InChI is InChI=1S/C74H102N4O7S2/c1-48(79)84-69-30-18-50-37-53(63(83)64-62(50)51-19-32-72(85-64)25-9-13-54(72)38-51)44-78-47-70(42-61(78)82)55(16-17-59(70)49-11-3-2-4-12-49)43-76-65(75)77-74(28-10-24-67(74)22-5-6-23-67)87-86-45-56-15-14-52(58(21-31-69)60(81)41-69)39-71(56)36-35-68(73(71)26-7-8-27-73)34-33-66(46-68)29-20-57(80)40-66/h2-4,11-12,19,32,37,51-52,54-60,80-81,83H,5-10,13-18,20-31,33-36,38-47H2,1H3,(H3,75,76,77). The molecule has 0 radical (unpaired) electrons. The van der Waals surface area contributed by atoms with Crippen LogP contribution in [-0.2, 0) is 27.3 Å². The number of hydrogen-bond donors (Lipinski definition) is 5. The summed E-state index contributed by atoms with van der Waals surface area (Å²) < 4.78 is 14.0. The van der Waals surface area contributed by atoms with Crippen molar-refractivity contribution < 1.29 is 34.4 Å². The van der Waals surface area contributed by atoms with Gasteiger partial charge in [-0.2, -0.15) is 0 Å². The molecule has 11 aliphatic carbocycles. The minimum atomic E-state index is -0.836. The number of amides is 1. The summed E-state index contributed by atoms with van der Waals surface area (Å²) in [6.45, 7) is 2.97. The predicted octanol–water partition coefficient (Wildman–Crippen LogP) is 14.9. The lowest BCUT2D eigenvalue weighted by Crippen LogP contribution is -2.56. The fourth-order valence-electron chi connectivity index (χ4n) is 25.6. The van der Waals surface area contributed by atoms with E-state index in [0.29, 0.717) is 79.1 Å². The molecule has 10 bridgehead atoms. The third-order valence-corrected chi connectivity index (χ3v) is 32.6. The molecule has 10 saturated carbocycles. The van der Waals surface area contributed by atoms with E-state index in [1.165, 1.54) is 121 Å². The second-order valence-electron chi connectivity index (χ2n) is 32.7. The summed E-state index contributed by atoms with van der Waals surface area (Å²) in [5.74, 6) is 4.17. The van der Waals surface area contributed by atoms with Crippen LogP contribution in [0.1, 0.15) is 253 Å². The van der Waals surface area contributed by atoms with Gasteiger partial charge in [-0.25, -0.2) is 0 Å². The number of ether oxygens (including phenoxy) is 2. The maximum Gasteiger partial charge on any atom is 0.303 e. The first-order valence-electron chi connectivity index (χ1n) is 35.6. The van der Waals surface area contributed by atoms with E-state index in [0.717, 1.165) is 99.5 Å². The van der Waals surface area contributed by atoms with Crippen molar-refractivity contribution in [1.29, 1.82) is 0 Å². The fraction of sp³-hybridized carbons (Fsp3) is 0.770. The summed E-state index contributed by atoms with van der Waals surface area (Å²) in [5, 5.41) is 41.2. The van der Waals surface area contributed by atoms with E-state index in [-0.39, 0.29) is 80.5 Å². The second kappa shape index (κ2) is 21.6. The number of guanidine groups is 1. The molecule has 2 aromatic carbocycles. The molecular weight excluding hydrogens is 1120 g/mol. The Kier molecular flexibility index (Phi) is 14.6. The van der Waals surface area contributed by atoms with Gasteiger partial charge in [-0.15, -0.1) is 0 Å². The Morgan fingerprint density at radius 3 is 2.40 bits per heavy atom. The number of aliphatic hydroxyl groups is 2. The largest absolute Gasteiger partial charge is 0.504 e. The van der Waals surface area contributed by atoms with E-state index >= 15 is 4.79 Å². The Morgan fingerprint density at radius 2 is 1.60 bits per heavy atom. The number of aliphatic hydroxyl groups excluding tert-OH is 2. The van der Waals surface area contributed by atoms with Crippen LogP contribution in [0.2, 0.25) is 0 Å². The number of esters is 1. The topological polar surface area (TPSA) is 167 Å². The van der Waals surface area contributed by atoms with Crippen molar-refractivity contribution in [3.8, 4) is 11.5 Å². The molecule has 87 heavy (non-hydrogen) atoms. The van der Waals surface area contributed by atoms with Crippen LogP contribution < -0.4 is 15.8 Å². The lowest BCUT2D eigenvalue weighted by Gasteiger charge is -2.60. The van der Waals surface area contributed by atoms with Crippen molar-refractivity contribution in [1.82, 2.24) is 10.2 Å². The lowest BCUT2D eigenvalue weighted by atomic mass is 9.45. The molecule has 472 valence electrons. The summed E-state index contributed by atoms with van der Waals surface area (Å²) in [4.78, 5) is 35.9. The molecule has 16 unspecified atom stereocenters. The number of aromatic hydroxyl groups is 1. The van der Waals surface area contributed by atoms with E-state index in [1.807, 2.05) is 4.90 Å². The smallest absolute Gasteiger partial charge is 0.303 e. The summed E-state index contributed by atoms with van der Waals surface area (Å²) in [5.41, 5.74) is 11.1. The Hall–Kier alpha value is -3.39. The molecule has 19 rings (SSSR count). The quantitative estimate of drug-likeness (QED) is 0.110. The number of nitrogens with zero attached hydrogens (tertiary/aromatic N) is 2. The van der Waals surface area contributed by atoms with E-state index in [9.17, 15) is 20.1 Å². The van der Waals surface area contributed by atoms with Crippen molar-refractivity contribution in [2.24, 2.45) is 72.8 Å². The molecule has 1 saturated heterocycles. The normalized spacial score (nSPS) is 44.3. The van der Waals surface area contributed by atoms with E-state index in [2.05, 4.69) is 75.5 Å². The zero-order valence-corrected chi connectivity index (χ0v) is 54.1. The molecule has 6 aliphatic heterocycles. The molecule has 1 amide bonds. The maximum absolute atomic E-state index is 15.1. The molecular formula is C74H102N4O7S2. The average molecular weight is 1220 g/mol. The summed E-state index contributed by atoms with van der Waals surface area (Å²) in [7, 11) is 4.33. The van der Waals surface area contributed by atoms with Crippen molar-refractivity contribution in [2.75, 3.05) is 18.8 Å². The van der Waals surface area contributed by atoms with Gasteiger partial charge in [0.2, 0.25) is 5.91 Å². The molecule has 0 aromatic heterocycles. The molecule has 6 N–H and O–H groups in total. The number of carbonyl (C=O) groups is 2. The van der Waals surface area contributed by atoms with Gasteiger partial charge in [0.25, 0.3) is 0 Å². The molecule has 13 heteroatoms. The lowest BCUT2D eigenvalue weighted by molar-refractivity contribution is -0.173. The number of aryl methyl sites for hydroxylation is 1. The monoisotopic (exact) mass is 1220 g/mol. The molecule has 8 spiro atoms. The summed E-state index contributed by atoms with van der Waals surface area (Å²) >= 11 is 0. The van der Waals surface area contributed by atoms with Crippen LogP contribution in [0.4, 0.5) is 0 Å². The Labute approximate surface area is 526 Å². The second-order valence-corrected chi connectivity index (χ2v) is 35.3. The number of rotatable bonds is 2. The number of fused-ring (bicyclic) bond motifs is 2. The van der Waals surface area contributed by atoms with Gasteiger partial charge < -0.3 is 40.7 Å². The van der Waals surface area contributed by atoms with Gasteiger partial charge in [-0.3, -0.25) is 14.6 Å². The van der Waals surface area contributed by atoms with Crippen LogP contribution in [0.25, 0.3) is 0 Å². The number of phenols is 1. The zero-order chi connectivity index (χ0) is 59.2. The number of carbonyl (C=O) groups excluding carboxylic acids is 2. The first kappa shape index (κ1) is 58.7. The van der Waals surface area contributed by atoms with Gasteiger partial charge in [0.15, 0.2) is 17.5 Å². The van der Waals surface area contributed by atoms with Crippen LogP contribution in [0.15, 0.2) is 53.5 Å². The number of benzene rings is 2. The van der Waals surface area contributed by atoms with E-state index < -0.39 is 17.3 Å². The minimum absolute atomic E-state index is 0.0779. The van der Waals surface area contributed by atoms with Gasteiger partial charge in [-0.05, 0) is 254 Å². The van der Waals surface area contributed by atoms with Crippen LogP contribution in [0.3, 0.4) is 0 Å². The maximum atomic E-state index is 15.1. The number of phenolic OH excluding ortho intramolecular Hbond substituents is 1. The Balaban J connectivity index is 0.795. The van der Waals surface area contributed by atoms with Crippen molar-refractivity contribution in [3.05, 3.63) is 70.8 Å². The minimum Gasteiger partial charge on any atom is -0.504 e. The van der Waals surface area contributed by atoms with Gasteiger partial charge >= 0.3 is 5.97 Å². The first-order chi connectivity index (χ1) is 42.1. The Bertz CT molecular complexity index is 3070. The number of allylic oxidation sites excluding steroid dienone is 1. The van der Waals surface area contributed by atoms with Gasteiger partial charge in [0.1, 0.15) is 16.1 Å². The average Bonchev–Trinajstić information content (AvgIpc) is 1.53. The highest BCUT2D eigenvalue weighted by Gasteiger charge is 2.73. The van der Waals surface area contributed by atoms with Gasteiger partial charge in [-0.1, -0.05) is 83.7 Å². The first-order valence-corrected chi connectivity index (χ1v) is 37.9. The molecule has 17 aliphatic rings. The van der Waals surface area contributed by atoms with E-state index in [1.54, 1.807) is 6.92 Å². The van der Waals surface area contributed by atoms with Crippen LogP contribution >= 0.6 is 21.6 Å². The number of aliphatic imine (C=N–C) groups is 1. The van der Waals surface area contributed by atoms with Gasteiger partial charge in [0.05, 0.1) is 12.2 Å². The SMILES string of the molecule is CC(=O)OC12CCc3cc(c(O)c4c3C3C=CC5(CCCC5C3)O4)CN3CC4(CC3=O)C(CCC4c3ccccc3)CN=C(N)NC3(CCCC34CCCC4)SSCC3CCC(CC34CCC3(CCC5(CCC(O)C5)C3)C43CCCC3)C(CC1)C(O)C2. The number of nitrogens with one attached hydrogen (secondary N) is 1. The van der Waals surface area contributed by atoms with Crippen LogP contribution in [0, 0.1) is 62.1 Å². The summed E-state index contributed by atoms with van der Waals surface area (Å²) in [6, 6.07) is 13.1. The number of hydrogen-bond acceptors (Lipinski definition) is 12. The molecule has 2 aromatic rings. The van der Waals surface area contributed by atoms with Crippen molar-refractivity contribution in [2.45, 2.75) is 272 Å². The highest BCUT2D eigenvalue weighted by molar-refractivity contribution is 8.77. The highest BCUT2D eigenvalue weighted by Crippen LogP contribution is 2.82. The predicted molar refractivity (Wildman–Crippen MR) is 345 cm³/mol. The summed E-state index contributed by atoms with van der Waals surface area (Å²) in [6.07, 6.45) is 40.6. The molecule has 11 fully saturated rings. The third kappa shape index (κ3) is 9.12.